The fraction of sp³-hybridized carbons (Fsp3) is 0.667. The third kappa shape index (κ3) is 4.68. The molecule has 7 heteroatoms. The average Bonchev–Trinajstić information content (AvgIpc) is 3.18. The molecule has 0 saturated carbocycles. The Morgan fingerprint density at radius 1 is 1.40 bits per heavy atom. The molecule has 1 aromatic rings. The molecule has 0 unspecified atom stereocenters. The van der Waals surface area contributed by atoms with E-state index in [1.54, 1.807) is 18.3 Å². The number of nitrogens with one attached hydrogen (secondary N) is 1. The lowest BCUT2D eigenvalue weighted by Crippen LogP contribution is -2.52. The van der Waals surface area contributed by atoms with E-state index in [2.05, 4.69) is 15.2 Å². The molecule has 0 aromatic carbocycles. The summed E-state index contributed by atoms with van der Waals surface area (Å²) >= 11 is 0. The lowest BCUT2D eigenvalue weighted by molar-refractivity contribution is 0.00166. The highest BCUT2D eigenvalue weighted by molar-refractivity contribution is 5.96. The SMILES string of the molecule is CCOc1ncccc1C(=O)NC[C@@H]([C@@H]1CCOC1)N1CCOCC1. The molecule has 2 atom stereocenters. The summed E-state index contributed by atoms with van der Waals surface area (Å²) in [6.45, 7) is 7.79. The fourth-order valence-corrected chi connectivity index (χ4v) is 3.47. The number of amides is 1. The molecular formula is C18H27N3O4. The van der Waals surface area contributed by atoms with Gasteiger partial charge < -0.3 is 19.5 Å². The number of nitrogens with zero attached hydrogens (tertiary/aromatic N) is 2. The molecule has 7 nitrogen and oxygen atoms in total. The van der Waals surface area contributed by atoms with Gasteiger partial charge in [0.05, 0.1) is 26.4 Å². The van der Waals surface area contributed by atoms with Gasteiger partial charge in [0, 0.05) is 44.4 Å². The predicted molar refractivity (Wildman–Crippen MR) is 92.8 cm³/mol. The second-order valence-corrected chi connectivity index (χ2v) is 6.34. The summed E-state index contributed by atoms with van der Waals surface area (Å²) in [6, 6.07) is 3.76. The van der Waals surface area contributed by atoms with Crippen molar-refractivity contribution in [3.05, 3.63) is 23.9 Å². The summed E-state index contributed by atoms with van der Waals surface area (Å²) in [5, 5.41) is 3.08. The summed E-state index contributed by atoms with van der Waals surface area (Å²) < 4.78 is 16.5. The summed E-state index contributed by atoms with van der Waals surface area (Å²) in [4.78, 5) is 19.2. The molecule has 2 fully saturated rings. The quantitative estimate of drug-likeness (QED) is 0.790. The van der Waals surface area contributed by atoms with Crippen molar-refractivity contribution in [1.82, 2.24) is 15.2 Å². The molecule has 1 N–H and O–H groups in total. The van der Waals surface area contributed by atoms with E-state index in [4.69, 9.17) is 14.2 Å². The maximum atomic E-state index is 12.6. The molecular weight excluding hydrogens is 322 g/mol. The van der Waals surface area contributed by atoms with Crippen molar-refractivity contribution in [2.45, 2.75) is 19.4 Å². The standard InChI is InChI=1S/C18H27N3O4/c1-2-25-18-15(4-3-6-19-18)17(22)20-12-16(14-5-9-24-13-14)21-7-10-23-11-8-21/h3-4,6,14,16H,2,5,7-13H2,1H3,(H,20,22)/t14-,16+/m1/s1. The van der Waals surface area contributed by atoms with Crippen LogP contribution in [0.3, 0.4) is 0 Å². The Labute approximate surface area is 148 Å². The maximum Gasteiger partial charge on any atom is 0.256 e. The first-order valence-electron chi connectivity index (χ1n) is 9.05. The number of rotatable bonds is 7. The van der Waals surface area contributed by atoms with Crippen LogP contribution in [0.5, 0.6) is 5.88 Å². The highest BCUT2D eigenvalue weighted by atomic mass is 16.5. The molecule has 1 aromatic heterocycles. The molecule has 25 heavy (non-hydrogen) atoms. The van der Waals surface area contributed by atoms with Gasteiger partial charge >= 0.3 is 0 Å². The molecule has 0 radical (unpaired) electrons. The molecule has 2 aliphatic heterocycles. The van der Waals surface area contributed by atoms with Crippen molar-refractivity contribution in [1.29, 1.82) is 0 Å². The number of morpholine rings is 1. The number of ether oxygens (including phenoxy) is 3. The van der Waals surface area contributed by atoms with Gasteiger partial charge in [0.25, 0.3) is 5.91 Å². The molecule has 138 valence electrons. The zero-order chi connectivity index (χ0) is 17.5. The number of carbonyl (C=O) groups is 1. The Hall–Kier alpha value is -1.70. The van der Waals surface area contributed by atoms with E-state index in [9.17, 15) is 4.79 Å². The molecule has 2 saturated heterocycles. The predicted octanol–water partition coefficient (Wildman–Crippen LogP) is 0.947. The van der Waals surface area contributed by atoms with Gasteiger partial charge in [-0.15, -0.1) is 0 Å². The molecule has 0 bridgehead atoms. The Morgan fingerprint density at radius 3 is 2.96 bits per heavy atom. The van der Waals surface area contributed by atoms with E-state index in [-0.39, 0.29) is 11.9 Å². The highest BCUT2D eigenvalue weighted by Gasteiger charge is 2.32. The molecule has 0 spiro atoms. The third-order valence-electron chi connectivity index (χ3n) is 4.79. The first kappa shape index (κ1) is 18.1. The second-order valence-electron chi connectivity index (χ2n) is 6.34. The maximum absolute atomic E-state index is 12.6. The normalized spacial score (nSPS) is 22.5. The lowest BCUT2D eigenvalue weighted by atomic mass is 9.96. The van der Waals surface area contributed by atoms with Crippen LogP contribution in [-0.4, -0.2) is 74.5 Å². The summed E-state index contributed by atoms with van der Waals surface area (Å²) in [7, 11) is 0. The van der Waals surface area contributed by atoms with Gasteiger partial charge in [-0.1, -0.05) is 0 Å². The van der Waals surface area contributed by atoms with E-state index >= 15 is 0 Å². The van der Waals surface area contributed by atoms with E-state index in [1.165, 1.54) is 0 Å². The van der Waals surface area contributed by atoms with Gasteiger partial charge in [-0.05, 0) is 25.5 Å². The summed E-state index contributed by atoms with van der Waals surface area (Å²) in [5.41, 5.74) is 0.479. The highest BCUT2D eigenvalue weighted by Crippen LogP contribution is 2.22. The van der Waals surface area contributed by atoms with Crippen molar-refractivity contribution in [2.75, 3.05) is 52.7 Å². The minimum absolute atomic E-state index is 0.145. The minimum atomic E-state index is -0.145. The van der Waals surface area contributed by atoms with E-state index in [0.717, 1.165) is 45.9 Å². The largest absolute Gasteiger partial charge is 0.477 e. The Balaban J connectivity index is 1.64. The first-order chi connectivity index (χ1) is 12.3. The molecule has 3 heterocycles. The van der Waals surface area contributed by atoms with Crippen LogP contribution in [0.1, 0.15) is 23.7 Å². The summed E-state index contributed by atoms with van der Waals surface area (Å²) in [5.74, 6) is 0.682. The number of hydrogen-bond donors (Lipinski definition) is 1. The van der Waals surface area contributed by atoms with Crippen LogP contribution in [-0.2, 0) is 9.47 Å². The van der Waals surface area contributed by atoms with Crippen LogP contribution in [0.25, 0.3) is 0 Å². The topological polar surface area (TPSA) is 72.9 Å². The van der Waals surface area contributed by atoms with Crippen LogP contribution in [0, 0.1) is 5.92 Å². The van der Waals surface area contributed by atoms with Gasteiger partial charge in [0.15, 0.2) is 0 Å². The van der Waals surface area contributed by atoms with Gasteiger partial charge in [-0.25, -0.2) is 4.98 Å². The van der Waals surface area contributed by atoms with Crippen LogP contribution in [0.15, 0.2) is 18.3 Å². The van der Waals surface area contributed by atoms with Gasteiger partial charge in [-0.2, -0.15) is 0 Å². The molecule has 3 rings (SSSR count). The monoisotopic (exact) mass is 349 g/mol. The smallest absolute Gasteiger partial charge is 0.256 e. The molecule has 2 aliphatic rings. The zero-order valence-corrected chi connectivity index (χ0v) is 14.8. The van der Waals surface area contributed by atoms with Crippen molar-refractivity contribution in [3.63, 3.8) is 0 Å². The molecule has 1 amide bonds. The fourth-order valence-electron chi connectivity index (χ4n) is 3.47. The lowest BCUT2D eigenvalue weighted by Gasteiger charge is -2.37. The van der Waals surface area contributed by atoms with E-state index in [0.29, 0.717) is 30.5 Å². The van der Waals surface area contributed by atoms with Gasteiger partial charge in [-0.3, -0.25) is 9.69 Å². The average molecular weight is 349 g/mol. The van der Waals surface area contributed by atoms with Gasteiger partial charge in [0.1, 0.15) is 5.56 Å². The second kappa shape index (κ2) is 9.12. The van der Waals surface area contributed by atoms with Gasteiger partial charge in [0.2, 0.25) is 5.88 Å². The first-order valence-corrected chi connectivity index (χ1v) is 9.05. The van der Waals surface area contributed by atoms with Crippen LogP contribution >= 0.6 is 0 Å². The van der Waals surface area contributed by atoms with Crippen molar-refractivity contribution in [2.24, 2.45) is 5.92 Å². The number of aromatic nitrogens is 1. The summed E-state index contributed by atoms with van der Waals surface area (Å²) in [6.07, 6.45) is 2.67. The van der Waals surface area contributed by atoms with Crippen molar-refractivity contribution >= 4 is 5.91 Å². The van der Waals surface area contributed by atoms with Crippen LogP contribution in [0.2, 0.25) is 0 Å². The van der Waals surface area contributed by atoms with Crippen LogP contribution < -0.4 is 10.1 Å². The number of carbonyl (C=O) groups excluding carboxylic acids is 1. The number of hydrogen-bond acceptors (Lipinski definition) is 6. The van der Waals surface area contributed by atoms with Crippen LogP contribution in [0.4, 0.5) is 0 Å². The Morgan fingerprint density at radius 2 is 2.24 bits per heavy atom. The van der Waals surface area contributed by atoms with Crippen molar-refractivity contribution < 1.29 is 19.0 Å². The molecule has 0 aliphatic carbocycles. The Kier molecular flexibility index (Phi) is 6.61. The third-order valence-corrected chi connectivity index (χ3v) is 4.79. The minimum Gasteiger partial charge on any atom is -0.477 e. The Bertz CT molecular complexity index is 557. The van der Waals surface area contributed by atoms with E-state index < -0.39 is 0 Å². The van der Waals surface area contributed by atoms with E-state index in [1.807, 2.05) is 6.92 Å². The van der Waals surface area contributed by atoms with Crippen molar-refractivity contribution in [3.8, 4) is 5.88 Å². The zero-order valence-electron chi connectivity index (χ0n) is 14.8. The number of pyridine rings is 1.